The number of benzene rings is 1. The molecule has 2 nitrogen and oxygen atoms in total. The van der Waals surface area contributed by atoms with Crippen molar-refractivity contribution in [3.63, 3.8) is 0 Å². The molecule has 0 radical (unpaired) electrons. The maximum atomic E-state index is 13.2. The van der Waals surface area contributed by atoms with E-state index in [0.29, 0.717) is 10.6 Å². The van der Waals surface area contributed by atoms with Crippen molar-refractivity contribution in [2.45, 2.75) is 25.6 Å². The molecule has 0 amide bonds. The van der Waals surface area contributed by atoms with Crippen molar-refractivity contribution in [1.82, 2.24) is 10.2 Å². The molecule has 1 aliphatic heterocycles. The van der Waals surface area contributed by atoms with Gasteiger partial charge >= 0.3 is 6.18 Å². The Bertz CT molecular complexity index is 721. The lowest BCUT2D eigenvalue weighted by Gasteiger charge is -2.31. The van der Waals surface area contributed by atoms with Gasteiger partial charge in [-0.1, -0.05) is 11.6 Å². The minimum atomic E-state index is -4.38. The van der Waals surface area contributed by atoms with Crippen LogP contribution in [0.1, 0.15) is 33.3 Å². The average Bonchev–Trinajstić information content (AvgIpc) is 2.81. The molecule has 0 spiro atoms. The fraction of sp³-hybridized carbons (Fsp3) is 0.444. The van der Waals surface area contributed by atoms with Crippen LogP contribution in [0.2, 0.25) is 5.02 Å². The van der Waals surface area contributed by atoms with Crippen molar-refractivity contribution in [3.05, 3.63) is 56.2 Å². The van der Waals surface area contributed by atoms with Gasteiger partial charge in [-0.25, -0.2) is 0 Å². The first-order chi connectivity index (χ1) is 11.9. The van der Waals surface area contributed by atoms with Gasteiger partial charge in [0, 0.05) is 34.4 Å². The first kappa shape index (κ1) is 18.7. The lowest BCUT2D eigenvalue weighted by Crippen LogP contribution is -2.33. The Hall–Kier alpha value is -1.08. The molecule has 0 saturated carbocycles. The average molecular weight is 389 g/mol. The van der Waals surface area contributed by atoms with Gasteiger partial charge < -0.3 is 5.32 Å². The van der Waals surface area contributed by atoms with Crippen LogP contribution in [-0.4, -0.2) is 31.1 Å². The lowest BCUT2D eigenvalue weighted by molar-refractivity contribution is -0.137. The van der Waals surface area contributed by atoms with Crippen LogP contribution in [0, 0.1) is 6.92 Å². The molecule has 2 aromatic rings. The van der Waals surface area contributed by atoms with Crippen molar-refractivity contribution >= 4 is 22.9 Å². The van der Waals surface area contributed by atoms with Crippen molar-refractivity contribution in [2.75, 3.05) is 26.2 Å². The van der Waals surface area contributed by atoms with Gasteiger partial charge in [0.25, 0.3) is 0 Å². The fourth-order valence-electron chi connectivity index (χ4n) is 3.18. The first-order valence-corrected chi connectivity index (χ1v) is 9.43. The topological polar surface area (TPSA) is 15.3 Å². The number of aryl methyl sites for hydroxylation is 1. The maximum Gasteiger partial charge on any atom is 0.416 e. The highest BCUT2D eigenvalue weighted by Gasteiger charge is 2.33. The summed E-state index contributed by atoms with van der Waals surface area (Å²) in [4.78, 5) is 4.39. The molecule has 1 aromatic carbocycles. The highest BCUT2D eigenvalue weighted by atomic mass is 35.5. The van der Waals surface area contributed by atoms with Crippen LogP contribution >= 0.6 is 22.9 Å². The summed E-state index contributed by atoms with van der Waals surface area (Å²) in [6.07, 6.45) is -3.42. The van der Waals surface area contributed by atoms with E-state index in [1.807, 2.05) is 19.1 Å². The second-order valence-corrected chi connectivity index (χ2v) is 7.95. The molecule has 1 aliphatic rings. The predicted octanol–water partition coefficient (Wildman–Crippen LogP) is 5.11. The normalized spacial score (nSPS) is 18.1. The molecule has 0 aliphatic carbocycles. The van der Waals surface area contributed by atoms with E-state index < -0.39 is 11.7 Å². The van der Waals surface area contributed by atoms with E-state index >= 15 is 0 Å². The Kier molecular flexibility index (Phi) is 5.73. The minimum Gasteiger partial charge on any atom is -0.315 e. The smallest absolute Gasteiger partial charge is 0.315 e. The zero-order valence-corrected chi connectivity index (χ0v) is 15.4. The maximum absolute atomic E-state index is 13.2. The van der Waals surface area contributed by atoms with Gasteiger partial charge in [-0.3, -0.25) is 4.90 Å². The van der Waals surface area contributed by atoms with E-state index in [9.17, 15) is 13.2 Å². The molecular formula is C18H20ClF3N2S. The molecule has 2 heterocycles. The van der Waals surface area contributed by atoms with Crippen LogP contribution in [-0.2, 0) is 6.18 Å². The number of hydrogen-bond donors (Lipinski definition) is 1. The van der Waals surface area contributed by atoms with E-state index in [0.717, 1.165) is 48.4 Å². The Morgan fingerprint density at radius 3 is 2.64 bits per heavy atom. The van der Waals surface area contributed by atoms with Crippen LogP contribution in [0.3, 0.4) is 0 Å². The van der Waals surface area contributed by atoms with Crippen molar-refractivity contribution < 1.29 is 13.2 Å². The van der Waals surface area contributed by atoms with E-state index in [2.05, 4.69) is 10.2 Å². The second kappa shape index (κ2) is 7.66. The van der Waals surface area contributed by atoms with E-state index in [1.165, 1.54) is 12.1 Å². The summed E-state index contributed by atoms with van der Waals surface area (Å²) in [6.45, 7) is 5.33. The Balaban J connectivity index is 2.07. The van der Waals surface area contributed by atoms with Crippen LogP contribution in [0.25, 0.3) is 0 Å². The van der Waals surface area contributed by atoms with Crippen molar-refractivity contribution in [2.24, 2.45) is 0 Å². The quantitative estimate of drug-likeness (QED) is 0.785. The molecule has 1 N–H and O–H groups in total. The number of alkyl halides is 3. The Morgan fingerprint density at radius 1 is 1.16 bits per heavy atom. The fourth-order valence-corrected chi connectivity index (χ4v) is 4.44. The summed E-state index contributed by atoms with van der Waals surface area (Å²) in [5, 5.41) is 3.72. The van der Waals surface area contributed by atoms with Gasteiger partial charge in [0.1, 0.15) is 0 Å². The summed E-state index contributed by atoms with van der Waals surface area (Å²) in [5.41, 5.74) is -0.127. The number of halogens is 4. The van der Waals surface area contributed by atoms with Gasteiger partial charge in [0.05, 0.1) is 11.6 Å². The largest absolute Gasteiger partial charge is 0.416 e. The van der Waals surface area contributed by atoms with E-state index in [4.69, 9.17) is 11.6 Å². The molecule has 136 valence electrons. The monoisotopic (exact) mass is 388 g/mol. The summed E-state index contributed by atoms with van der Waals surface area (Å²) < 4.78 is 39.6. The minimum absolute atomic E-state index is 0.256. The van der Waals surface area contributed by atoms with Gasteiger partial charge in [-0.2, -0.15) is 13.2 Å². The van der Waals surface area contributed by atoms with Crippen molar-refractivity contribution in [3.8, 4) is 0 Å². The molecule has 0 bridgehead atoms. The number of thiophene rings is 1. The molecule has 1 atom stereocenters. The molecule has 1 fully saturated rings. The third-order valence-electron chi connectivity index (χ3n) is 4.39. The van der Waals surface area contributed by atoms with Crippen LogP contribution < -0.4 is 5.32 Å². The summed E-state index contributed by atoms with van der Waals surface area (Å²) >= 11 is 7.96. The predicted molar refractivity (Wildman–Crippen MR) is 96.4 cm³/mol. The molecule has 1 aromatic heterocycles. The third kappa shape index (κ3) is 4.37. The number of nitrogens with zero attached hydrogens (tertiary/aromatic N) is 1. The SMILES string of the molecule is Cc1ccc(C(c2cc(C(F)(F)F)ccc2Cl)N2CCCNCC2)s1. The van der Waals surface area contributed by atoms with E-state index in [-0.39, 0.29) is 6.04 Å². The second-order valence-electron chi connectivity index (χ2n) is 6.22. The third-order valence-corrected chi connectivity index (χ3v) is 5.79. The molecule has 1 saturated heterocycles. The van der Waals surface area contributed by atoms with Crippen LogP contribution in [0.4, 0.5) is 13.2 Å². The van der Waals surface area contributed by atoms with Gasteiger partial charge in [-0.15, -0.1) is 11.3 Å². The number of hydrogen-bond acceptors (Lipinski definition) is 3. The molecule has 7 heteroatoms. The van der Waals surface area contributed by atoms with Gasteiger partial charge in [0.15, 0.2) is 0 Å². The standard InChI is InChI=1S/C18H20ClF3N2S/c1-12-3-6-16(25-12)17(24-9-2-7-23-8-10-24)14-11-13(18(20,21)22)4-5-15(14)19/h3-6,11,17,23H,2,7-10H2,1H3. The number of nitrogens with one attached hydrogen (secondary N) is 1. The molecule has 25 heavy (non-hydrogen) atoms. The summed E-state index contributed by atoms with van der Waals surface area (Å²) in [7, 11) is 0. The van der Waals surface area contributed by atoms with Crippen LogP contribution in [0.5, 0.6) is 0 Å². The Morgan fingerprint density at radius 2 is 1.96 bits per heavy atom. The summed E-state index contributed by atoms with van der Waals surface area (Å²) in [6, 6.07) is 7.37. The zero-order valence-electron chi connectivity index (χ0n) is 13.9. The molecule has 3 rings (SSSR count). The number of rotatable bonds is 3. The van der Waals surface area contributed by atoms with Gasteiger partial charge in [0.2, 0.25) is 0 Å². The molecular weight excluding hydrogens is 369 g/mol. The highest BCUT2D eigenvalue weighted by Crippen LogP contribution is 2.40. The first-order valence-electron chi connectivity index (χ1n) is 8.24. The van der Waals surface area contributed by atoms with E-state index in [1.54, 1.807) is 11.3 Å². The van der Waals surface area contributed by atoms with Crippen LogP contribution in [0.15, 0.2) is 30.3 Å². The van der Waals surface area contributed by atoms with Crippen molar-refractivity contribution in [1.29, 1.82) is 0 Å². The lowest BCUT2D eigenvalue weighted by atomic mass is 10.00. The molecule has 1 unspecified atom stereocenters. The highest BCUT2D eigenvalue weighted by molar-refractivity contribution is 7.12. The zero-order chi connectivity index (χ0) is 18.0. The Labute approximate surface area is 154 Å². The summed E-state index contributed by atoms with van der Waals surface area (Å²) in [5.74, 6) is 0. The van der Waals surface area contributed by atoms with Gasteiger partial charge in [-0.05, 0) is 55.8 Å².